The van der Waals surface area contributed by atoms with Crippen LogP contribution >= 0.6 is 23.2 Å². The van der Waals surface area contributed by atoms with Crippen LogP contribution < -0.4 is 16.0 Å². The lowest BCUT2D eigenvalue weighted by Gasteiger charge is -2.18. The SMILES string of the molecule is COc1cc(-c2cc(C#N)ccc2Cl)cc2c1c(=O)n(Cc1ncn(C)n1)c(=O)n2Cc1cc(Cl)c(F)cc1F. The van der Waals surface area contributed by atoms with E-state index >= 15 is 0 Å². The number of nitriles is 1. The third-order valence-corrected chi connectivity index (χ3v) is 6.90. The molecule has 5 aromatic rings. The summed E-state index contributed by atoms with van der Waals surface area (Å²) in [6.07, 6.45) is 1.42. The number of aromatic nitrogens is 5. The van der Waals surface area contributed by atoms with E-state index in [0.717, 1.165) is 15.2 Å². The van der Waals surface area contributed by atoms with Crippen LogP contribution in [0.3, 0.4) is 0 Å². The van der Waals surface area contributed by atoms with Gasteiger partial charge in [-0.1, -0.05) is 23.2 Å². The monoisotopic (exact) mass is 582 g/mol. The zero-order valence-electron chi connectivity index (χ0n) is 21.0. The lowest BCUT2D eigenvalue weighted by atomic mass is 10.0. The highest BCUT2D eigenvalue weighted by molar-refractivity contribution is 6.33. The summed E-state index contributed by atoms with van der Waals surface area (Å²) in [4.78, 5) is 31.6. The van der Waals surface area contributed by atoms with E-state index in [-0.39, 0.29) is 39.6 Å². The van der Waals surface area contributed by atoms with E-state index < -0.39 is 29.4 Å². The summed E-state index contributed by atoms with van der Waals surface area (Å²) in [6.45, 7) is -0.683. The Bertz CT molecular complexity index is 1980. The van der Waals surface area contributed by atoms with Crippen LogP contribution in [-0.2, 0) is 20.1 Å². The number of aryl methyl sites for hydroxylation is 1. The first kappa shape index (κ1) is 27.1. The average molecular weight is 583 g/mol. The Morgan fingerprint density at radius 3 is 2.45 bits per heavy atom. The van der Waals surface area contributed by atoms with Crippen LogP contribution in [0.5, 0.6) is 5.75 Å². The molecule has 202 valence electrons. The van der Waals surface area contributed by atoms with E-state index in [1.54, 1.807) is 31.3 Å². The average Bonchev–Trinajstić information content (AvgIpc) is 3.35. The molecule has 2 heterocycles. The molecule has 0 saturated carbocycles. The smallest absolute Gasteiger partial charge is 0.332 e. The minimum absolute atomic E-state index is 0.0166. The molecule has 0 aliphatic heterocycles. The van der Waals surface area contributed by atoms with Gasteiger partial charge in [0.15, 0.2) is 5.82 Å². The summed E-state index contributed by atoms with van der Waals surface area (Å²) < 4.78 is 37.7. The molecule has 0 atom stereocenters. The number of ether oxygens (including phenoxy) is 1. The van der Waals surface area contributed by atoms with Crippen molar-refractivity contribution in [1.82, 2.24) is 23.9 Å². The van der Waals surface area contributed by atoms with Gasteiger partial charge in [0.1, 0.15) is 29.1 Å². The number of fused-ring (bicyclic) bond motifs is 1. The first-order valence-corrected chi connectivity index (χ1v) is 12.4. The quantitative estimate of drug-likeness (QED) is 0.272. The molecule has 13 heteroatoms. The van der Waals surface area contributed by atoms with Crippen LogP contribution in [0.25, 0.3) is 22.0 Å². The van der Waals surface area contributed by atoms with Crippen molar-refractivity contribution in [2.24, 2.45) is 7.05 Å². The van der Waals surface area contributed by atoms with Gasteiger partial charge < -0.3 is 4.74 Å². The fourth-order valence-electron chi connectivity index (χ4n) is 4.38. The van der Waals surface area contributed by atoms with Crippen LogP contribution in [0.2, 0.25) is 10.0 Å². The van der Waals surface area contributed by atoms with Gasteiger partial charge in [0.2, 0.25) is 0 Å². The predicted octanol–water partition coefficient (Wildman–Crippen LogP) is 4.52. The van der Waals surface area contributed by atoms with Gasteiger partial charge in [0.25, 0.3) is 5.56 Å². The maximum absolute atomic E-state index is 14.8. The Morgan fingerprint density at radius 2 is 1.77 bits per heavy atom. The second-order valence-corrected chi connectivity index (χ2v) is 9.65. The molecule has 9 nitrogen and oxygen atoms in total. The van der Waals surface area contributed by atoms with Crippen LogP contribution in [0.4, 0.5) is 8.78 Å². The molecule has 40 heavy (non-hydrogen) atoms. The van der Waals surface area contributed by atoms with Crippen molar-refractivity contribution in [2.75, 3.05) is 7.11 Å². The second kappa shape index (κ2) is 10.6. The molecule has 0 spiro atoms. The molecule has 2 aromatic heterocycles. The number of hydrogen-bond donors (Lipinski definition) is 0. The number of hydrogen-bond acceptors (Lipinski definition) is 6. The molecular weight excluding hydrogens is 565 g/mol. The topological polar surface area (TPSA) is 108 Å². The van der Waals surface area contributed by atoms with Gasteiger partial charge >= 0.3 is 5.69 Å². The maximum atomic E-state index is 14.8. The Balaban J connectivity index is 1.85. The first-order valence-electron chi connectivity index (χ1n) is 11.6. The first-order chi connectivity index (χ1) is 19.1. The number of rotatable bonds is 6. The third-order valence-electron chi connectivity index (χ3n) is 6.28. The zero-order valence-corrected chi connectivity index (χ0v) is 22.5. The summed E-state index contributed by atoms with van der Waals surface area (Å²) in [6, 6.07) is 11.5. The fraction of sp³-hybridized carbons (Fsp3) is 0.148. The molecule has 0 N–H and O–H groups in total. The molecule has 3 aromatic carbocycles. The van der Waals surface area contributed by atoms with Crippen LogP contribution in [-0.4, -0.2) is 31.0 Å². The van der Waals surface area contributed by atoms with E-state index in [4.69, 9.17) is 27.9 Å². The van der Waals surface area contributed by atoms with Gasteiger partial charge in [-0.3, -0.25) is 18.6 Å². The molecule has 0 aliphatic carbocycles. The molecule has 0 saturated heterocycles. The molecule has 0 aliphatic rings. The van der Waals surface area contributed by atoms with Gasteiger partial charge in [-0.05, 0) is 42.0 Å². The van der Waals surface area contributed by atoms with Crippen molar-refractivity contribution in [3.05, 3.63) is 108 Å². The van der Waals surface area contributed by atoms with Gasteiger partial charge in [-0.15, -0.1) is 0 Å². The van der Waals surface area contributed by atoms with Gasteiger partial charge in [0.05, 0.1) is 42.4 Å². The number of methoxy groups -OCH3 is 1. The van der Waals surface area contributed by atoms with Crippen molar-refractivity contribution in [3.8, 4) is 22.9 Å². The van der Waals surface area contributed by atoms with E-state index in [2.05, 4.69) is 10.1 Å². The Hall–Kier alpha value is -4.53. The van der Waals surface area contributed by atoms with Crippen LogP contribution in [0, 0.1) is 23.0 Å². The molecule has 0 radical (unpaired) electrons. The summed E-state index contributed by atoms with van der Waals surface area (Å²) in [5, 5.41) is 13.5. The van der Waals surface area contributed by atoms with Crippen molar-refractivity contribution in [1.29, 1.82) is 5.26 Å². The zero-order chi connectivity index (χ0) is 28.7. The van der Waals surface area contributed by atoms with Crippen molar-refractivity contribution < 1.29 is 13.5 Å². The van der Waals surface area contributed by atoms with Gasteiger partial charge in [-0.2, -0.15) is 10.4 Å². The maximum Gasteiger partial charge on any atom is 0.332 e. The lowest BCUT2D eigenvalue weighted by Crippen LogP contribution is -2.41. The highest BCUT2D eigenvalue weighted by Gasteiger charge is 2.22. The predicted molar refractivity (Wildman–Crippen MR) is 145 cm³/mol. The molecule has 0 fully saturated rings. The molecule has 0 unspecified atom stereocenters. The third kappa shape index (κ3) is 4.83. The summed E-state index contributed by atoms with van der Waals surface area (Å²) in [7, 11) is 2.99. The summed E-state index contributed by atoms with van der Waals surface area (Å²) >= 11 is 12.3. The number of benzene rings is 3. The normalized spacial score (nSPS) is 11.1. The van der Waals surface area contributed by atoms with E-state index in [1.165, 1.54) is 24.2 Å². The van der Waals surface area contributed by atoms with Crippen LogP contribution in [0.15, 0.2) is 58.4 Å². The number of nitrogens with zero attached hydrogens (tertiary/aromatic N) is 6. The van der Waals surface area contributed by atoms with Crippen molar-refractivity contribution in [2.45, 2.75) is 13.1 Å². The van der Waals surface area contributed by atoms with E-state index in [0.29, 0.717) is 27.8 Å². The van der Waals surface area contributed by atoms with Crippen molar-refractivity contribution in [3.63, 3.8) is 0 Å². The Labute approximate surface area is 235 Å². The number of halogens is 4. The largest absolute Gasteiger partial charge is 0.496 e. The standard InChI is InChI=1S/C27H18Cl2F2N6O3/c1-35-13-33-24(34-35)12-37-26(38)25-22(36(27(37)39)11-16-6-19(29)21(31)9-20(16)30)7-15(8-23(25)40-2)17-5-14(10-32)3-4-18(17)28/h3-9,13H,11-12H2,1-2H3. The highest BCUT2D eigenvalue weighted by atomic mass is 35.5. The molecule has 0 bridgehead atoms. The summed E-state index contributed by atoms with van der Waals surface area (Å²) in [5.41, 5.74) is -0.296. The van der Waals surface area contributed by atoms with E-state index in [9.17, 15) is 23.6 Å². The molecule has 5 rings (SSSR count). The second-order valence-electron chi connectivity index (χ2n) is 8.83. The van der Waals surface area contributed by atoms with Crippen LogP contribution in [0.1, 0.15) is 17.0 Å². The lowest BCUT2D eigenvalue weighted by molar-refractivity contribution is 0.418. The minimum atomic E-state index is -0.956. The summed E-state index contributed by atoms with van der Waals surface area (Å²) in [5.74, 6) is -1.59. The fourth-order valence-corrected chi connectivity index (χ4v) is 4.79. The van der Waals surface area contributed by atoms with Gasteiger partial charge in [0, 0.05) is 29.3 Å². The Kier molecular flexibility index (Phi) is 7.14. The van der Waals surface area contributed by atoms with Gasteiger partial charge in [-0.25, -0.2) is 18.6 Å². The molecule has 0 amide bonds. The van der Waals surface area contributed by atoms with Crippen molar-refractivity contribution >= 4 is 34.1 Å². The minimum Gasteiger partial charge on any atom is -0.496 e. The molecular formula is C27H18Cl2F2N6O3. The highest BCUT2D eigenvalue weighted by Crippen LogP contribution is 2.35. The Morgan fingerprint density at radius 1 is 1.00 bits per heavy atom. The van der Waals surface area contributed by atoms with E-state index in [1.807, 2.05) is 6.07 Å².